The van der Waals surface area contributed by atoms with Crippen molar-refractivity contribution in [3.05, 3.63) is 34.6 Å². The molecule has 0 bridgehead atoms. The average Bonchev–Trinajstić information content (AvgIpc) is 3.26. The predicted molar refractivity (Wildman–Crippen MR) is 108 cm³/mol. The van der Waals surface area contributed by atoms with Crippen LogP contribution in [-0.4, -0.2) is 40.3 Å². The number of benzene rings is 1. The minimum atomic E-state index is -0.281. The number of amides is 1. The van der Waals surface area contributed by atoms with Crippen molar-refractivity contribution in [3.8, 4) is 22.1 Å². The number of nitrogens with one attached hydrogen (secondary N) is 2. The Morgan fingerprint density at radius 2 is 1.96 bits per heavy atom. The number of methoxy groups -OCH3 is 2. The van der Waals surface area contributed by atoms with Gasteiger partial charge < -0.3 is 9.47 Å². The zero-order chi connectivity index (χ0) is 20.3. The predicted octanol–water partition coefficient (Wildman–Crippen LogP) is 3.70. The Hall–Kier alpha value is -2.94. The summed E-state index contributed by atoms with van der Waals surface area (Å²) in [5.74, 6) is 2.43. The van der Waals surface area contributed by atoms with Gasteiger partial charge in [0.2, 0.25) is 5.95 Å². The summed E-state index contributed by atoms with van der Waals surface area (Å²) in [6.07, 6.45) is 0.770. The van der Waals surface area contributed by atoms with E-state index in [1.54, 1.807) is 21.1 Å². The fraction of sp³-hybridized carbons (Fsp3) is 0.368. The number of aryl methyl sites for hydroxylation is 1. The molecule has 0 fully saturated rings. The Kier molecular flexibility index (Phi) is 5.93. The van der Waals surface area contributed by atoms with Gasteiger partial charge in [-0.15, -0.1) is 16.4 Å². The van der Waals surface area contributed by atoms with Crippen LogP contribution in [0.4, 0.5) is 5.95 Å². The van der Waals surface area contributed by atoms with E-state index in [0.717, 1.165) is 22.8 Å². The van der Waals surface area contributed by atoms with Gasteiger partial charge in [0, 0.05) is 12.0 Å². The number of thiazole rings is 1. The van der Waals surface area contributed by atoms with E-state index in [2.05, 4.69) is 39.3 Å². The molecule has 3 rings (SSSR count). The van der Waals surface area contributed by atoms with Crippen molar-refractivity contribution in [1.82, 2.24) is 20.2 Å². The van der Waals surface area contributed by atoms with Crippen molar-refractivity contribution in [2.75, 3.05) is 19.5 Å². The molecule has 0 radical (unpaired) electrons. The van der Waals surface area contributed by atoms with Crippen LogP contribution in [0.2, 0.25) is 0 Å². The van der Waals surface area contributed by atoms with Crippen LogP contribution in [0.1, 0.15) is 35.0 Å². The molecule has 1 aromatic carbocycles. The smallest absolute Gasteiger partial charge is 0.270 e. The van der Waals surface area contributed by atoms with Crippen molar-refractivity contribution in [2.45, 2.75) is 27.2 Å². The first kappa shape index (κ1) is 19.8. The number of carbonyl (C=O) groups excluding carboxylic acids is 1. The van der Waals surface area contributed by atoms with Gasteiger partial charge in [-0.05, 0) is 31.0 Å². The lowest BCUT2D eigenvalue weighted by molar-refractivity contribution is 0.102. The molecular weight excluding hydrogens is 378 g/mol. The molecule has 2 N–H and O–H groups in total. The Labute approximate surface area is 167 Å². The molecule has 9 heteroatoms. The maximum atomic E-state index is 12.7. The fourth-order valence-corrected chi connectivity index (χ4v) is 3.65. The maximum absolute atomic E-state index is 12.7. The minimum Gasteiger partial charge on any atom is -0.493 e. The molecule has 2 heterocycles. The molecule has 8 nitrogen and oxygen atoms in total. The monoisotopic (exact) mass is 401 g/mol. The quantitative estimate of drug-likeness (QED) is 0.626. The SMILES string of the molecule is COc1ccc(-c2nc(C)c(C(=O)Nc3n[nH]c(CC(C)C)n3)s2)cc1OC. The molecule has 0 aliphatic carbocycles. The molecule has 2 aromatic heterocycles. The number of carbonyl (C=O) groups is 1. The summed E-state index contributed by atoms with van der Waals surface area (Å²) in [6, 6.07) is 5.54. The highest BCUT2D eigenvalue weighted by atomic mass is 32.1. The highest BCUT2D eigenvalue weighted by Crippen LogP contribution is 2.35. The molecule has 0 aliphatic rings. The highest BCUT2D eigenvalue weighted by Gasteiger charge is 2.19. The number of aromatic nitrogens is 4. The van der Waals surface area contributed by atoms with Gasteiger partial charge in [0.15, 0.2) is 11.5 Å². The van der Waals surface area contributed by atoms with E-state index in [4.69, 9.17) is 9.47 Å². The van der Waals surface area contributed by atoms with Crippen LogP contribution in [0.3, 0.4) is 0 Å². The summed E-state index contributed by atoms with van der Waals surface area (Å²) < 4.78 is 10.6. The summed E-state index contributed by atoms with van der Waals surface area (Å²) >= 11 is 1.30. The highest BCUT2D eigenvalue weighted by molar-refractivity contribution is 7.17. The molecule has 1 amide bonds. The summed E-state index contributed by atoms with van der Waals surface area (Å²) in [5, 5.41) is 10.4. The molecule has 28 heavy (non-hydrogen) atoms. The topological polar surface area (TPSA) is 102 Å². The van der Waals surface area contributed by atoms with Crippen LogP contribution >= 0.6 is 11.3 Å². The number of anilines is 1. The Morgan fingerprint density at radius 1 is 1.21 bits per heavy atom. The first-order valence-electron chi connectivity index (χ1n) is 8.83. The number of nitrogens with zero attached hydrogens (tertiary/aromatic N) is 3. The molecule has 3 aromatic rings. The molecule has 0 saturated heterocycles. The van der Waals surface area contributed by atoms with Gasteiger partial charge >= 0.3 is 0 Å². The van der Waals surface area contributed by atoms with Crippen molar-refractivity contribution < 1.29 is 14.3 Å². The third kappa shape index (κ3) is 4.30. The number of ether oxygens (including phenoxy) is 2. The normalized spacial score (nSPS) is 10.9. The van der Waals surface area contributed by atoms with E-state index in [0.29, 0.717) is 28.0 Å². The summed E-state index contributed by atoms with van der Waals surface area (Å²) in [7, 11) is 3.17. The van der Waals surface area contributed by atoms with Gasteiger partial charge in [-0.2, -0.15) is 4.98 Å². The van der Waals surface area contributed by atoms with Crippen molar-refractivity contribution in [3.63, 3.8) is 0 Å². The van der Waals surface area contributed by atoms with E-state index in [1.165, 1.54) is 11.3 Å². The lowest BCUT2D eigenvalue weighted by Crippen LogP contribution is -2.12. The number of aromatic amines is 1. The molecule has 0 aliphatic heterocycles. The van der Waals surface area contributed by atoms with E-state index in [-0.39, 0.29) is 11.9 Å². The van der Waals surface area contributed by atoms with Crippen LogP contribution in [0.5, 0.6) is 11.5 Å². The number of rotatable bonds is 7. The first-order chi connectivity index (χ1) is 13.4. The maximum Gasteiger partial charge on any atom is 0.270 e. The molecular formula is C19H23N5O3S. The van der Waals surface area contributed by atoms with Crippen molar-refractivity contribution in [1.29, 1.82) is 0 Å². The Morgan fingerprint density at radius 3 is 2.64 bits per heavy atom. The molecule has 0 saturated carbocycles. The minimum absolute atomic E-state index is 0.265. The van der Waals surface area contributed by atoms with Crippen molar-refractivity contribution >= 4 is 23.2 Å². The van der Waals surface area contributed by atoms with E-state index < -0.39 is 0 Å². The third-order valence-corrected chi connectivity index (χ3v) is 5.20. The first-order valence-corrected chi connectivity index (χ1v) is 9.65. The number of H-pyrrole nitrogens is 1. The number of hydrogen-bond acceptors (Lipinski definition) is 7. The molecule has 0 spiro atoms. The zero-order valence-electron chi connectivity index (χ0n) is 16.5. The molecule has 148 valence electrons. The van der Waals surface area contributed by atoms with Gasteiger partial charge in [0.25, 0.3) is 5.91 Å². The second-order valence-corrected chi connectivity index (χ2v) is 7.66. The summed E-state index contributed by atoms with van der Waals surface area (Å²) in [5.41, 5.74) is 1.49. The van der Waals surface area contributed by atoms with Crippen LogP contribution in [-0.2, 0) is 6.42 Å². The average molecular weight is 401 g/mol. The van der Waals surface area contributed by atoms with E-state index in [1.807, 2.05) is 18.2 Å². The molecule has 0 unspecified atom stereocenters. The Balaban J connectivity index is 1.80. The lowest BCUT2D eigenvalue weighted by Gasteiger charge is -2.08. The van der Waals surface area contributed by atoms with Gasteiger partial charge in [0.05, 0.1) is 19.9 Å². The second kappa shape index (κ2) is 8.39. The second-order valence-electron chi connectivity index (χ2n) is 6.66. The van der Waals surface area contributed by atoms with Crippen LogP contribution in [0, 0.1) is 12.8 Å². The van der Waals surface area contributed by atoms with Crippen LogP contribution in [0.15, 0.2) is 18.2 Å². The van der Waals surface area contributed by atoms with Crippen LogP contribution in [0.25, 0.3) is 10.6 Å². The van der Waals surface area contributed by atoms with Crippen LogP contribution < -0.4 is 14.8 Å². The largest absolute Gasteiger partial charge is 0.493 e. The molecule has 0 atom stereocenters. The fourth-order valence-electron chi connectivity index (χ4n) is 2.69. The lowest BCUT2D eigenvalue weighted by atomic mass is 10.1. The van der Waals surface area contributed by atoms with E-state index >= 15 is 0 Å². The Bertz CT molecular complexity index is 980. The van der Waals surface area contributed by atoms with Gasteiger partial charge in [-0.25, -0.2) is 4.98 Å². The van der Waals surface area contributed by atoms with Gasteiger partial charge in [0.1, 0.15) is 15.7 Å². The summed E-state index contributed by atoms with van der Waals surface area (Å²) in [4.78, 5) is 22.0. The summed E-state index contributed by atoms with van der Waals surface area (Å²) in [6.45, 7) is 5.99. The standard InChI is InChI=1S/C19H23N5O3S/c1-10(2)8-15-21-19(24-23-15)22-17(25)16-11(3)20-18(28-16)12-6-7-13(26-4)14(9-12)27-5/h6-7,9-10H,8H2,1-5H3,(H2,21,22,23,24,25). The zero-order valence-corrected chi connectivity index (χ0v) is 17.3. The van der Waals surface area contributed by atoms with E-state index in [9.17, 15) is 4.79 Å². The van der Waals surface area contributed by atoms with Gasteiger partial charge in [-0.3, -0.25) is 15.2 Å². The third-order valence-electron chi connectivity index (χ3n) is 3.99. The van der Waals surface area contributed by atoms with Gasteiger partial charge in [-0.1, -0.05) is 13.8 Å². The number of hydrogen-bond donors (Lipinski definition) is 2. The van der Waals surface area contributed by atoms with Crippen molar-refractivity contribution in [2.24, 2.45) is 5.92 Å².